The molecule has 0 saturated carbocycles. The summed E-state index contributed by atoms with van der Waals surface area (Å²) < 4.78 is 19.5. The van der Waals surface area contributed by atoms with Gasteiger partial charge in [0, 0.05) is 45.0 Å². The Morgan fingerprint density at radius 3 is 2.64 bits per heavy atom. The molecule has 0 bridgehead atoms. The zero-order valence-corrected chi connectivity index (χ0v) is 16.1. The number of halogens is 1. The van der Waals surface area contributed by atoms with Crippen LogP contribution < -0.4 is 14.5 Å². The summed E-state index contributed by atoms with van der Waals surface area (Å²) in [6, 6.07) is 10.1. The van der Waals surface area contributed by atoms with Crippen LogP contribution in [0.5, 0.6) is 5.75 Å². The highest BCUT2D eigenvalue weighted by atomic mass is 19.1. The van der Waals surface area contributed by atoms with Gasteiger partial charge in [-0.25, -0.2) is 9.37 Å². The monoisotopic (exact) mass is 384 g/mol. The largest absolute Gasteiger partial charge is 0.497 e. The van der Waals surface area contributed by atoms with Crippen LogP contribution in [0.1, 0.15) is 12.8 Å². The van der Waals surface area contributed by atoms with Crippen molar-refractivity contribution in [3.8, 4) is 5.75 Å². The number of benzene rings is 1. The molecule has 6 nitrogen and oxygen atoms in total. The number of nitrogens with zero attached hydrogens (tertiary/aromatic N) is 4. The van der Waals surface area contributed by atoms with Gasteiger partial charge in [-0.1, -0.05) is 12.1 Å². The SMILES string of the molecule is COc1ccnc(N2CCN(C3CCCN(c4ccccc4F)C3=O)CC2)c1. The smallest absolute Gasteiger partial charge is 0.244 e. The van der Waals surface area contributed by atoms with Gasteiger partial charge in [-0.15, -0.1) is 0 Å². The van der Waals surface area contributed by atoms with Gasteiger partial charge >= 0.3 is 0 Å². The summed E-state index contributed by atoms with van der Waals surface area (Å²) in [5.74, 6) is 1.34. The molecule has 3 heterocycles. The Labute approximate surface area is 164 Å². The van der Waals surface area contributed by atoms with E-state index in [2.05, 4.69) is 14.8 Å². The van der Waals surface area contributed by atoms with E-state index in [1.165, 1.54) is 6.07 Å². The van der Waals surface area contributed by atoms with E-state index in [1.54, 1.807) is 36.4 Å². The fourth-order valence-corrected chi connectivity index (χ4v) is 4.07. The minimum atomic E-state index is -0.342. The van der Waals surface area contributed by atoms with Gasteiger partial charge in [-0.3, -0.25) is 9.69 Å². The number of rotatable bonds is 4. The third-order valence-electron chi connectivity index (χ3n) is 5.59. The second-order valence-electron chi connectivity index (χ2n) is 7.18. The molecule has 1 aromatic heterocycles. The van der Waals surface area contributed by atoms with Crippen LogP contribution in [0.3, 0.4) is 0 Å². The predicted octanol–water partition coefficient (Wildman–Crippen LogP) is 2.55. The highest BCUT2D eigenvalue weighted by molar-refractivity contribution is 5.98. The number of aromatic nitrogens is 1. The third-order valence-corrected chi connectivity index (χ3v) is 5.59. The molecule has 7 heteroatoms. The number of carbonyl (C=O) groups is 1. The Balaban J connectivity index is 1.42. The molecule has 0 spiro atoms. The topological polar surface area (TPSA) is 48.9 Å². The minimum Gasteiger partial charge on any atom is -0.497 e. The molecular weight excluding hydrogens is 359 g/mol. The van der Waals surface area contributed by atoms with Crippen molar-refractivity contribution in [2.24, 2.45) is 0 Å². The first-order valence-electron chi connectivity index (χ1n) is 9.72. The number of amides is 1. The molecule has 1 amide bonds. The van der Waals surface area contributed by atoms with Crippen LogP contribution in [-0.4, -0.2) is 61.7 Å². The van der Waals surface area contributed by atoms with Gasteiger partial charge in [0.2, 0.25) is 5.91 Å². The molecule has 1 unspecified atom stereocenters. The molecule has 0 N–H and O–H groups in total. The summed E-state index contributed by atoms with van der Waals surface area (Å²) in [5, 5.41) is 0. The van der Waals surface area contributed by atoms with E-state index in [-0.39, 0.29) is 17.8 Å². The lowest BCUT2D eigenvalue weighted by Gasteiger charge is -2.42. The highest BCUT2D eigenvalue weighted by Gasteiger charge is 2.36. The lowest BCUT2D eigenvalue weighted by molar-refractivity contribution is -0.125. The molecule has 4 rings (SSSR count). The molecular formula is C21H25FN4O2. The van der Waals surface area contributed by atoms with Gasteiger partial charge in [0.1, 0.15) is 17.4 Å². The van der Waals surface area contributed by atoms with Crippen LogP contribution >= 0.6 is 0 Å². The van der Waals surface area contributed by atoms with Crippen LogP contribution in [-0.2, 0) is 4.79 Å². The number of carbonyl (C=O) groups excluding carboxylic acids is 1. The van der Waals surface area contributed by atoms with Crippen LogP contribution in [0, 0.1) is 5.82 Å². The summed E-state index contributed by atoms with van der Waals surface area (Å²) >= 11 is 0. The number of para-hydroxylation sites is 1. The second kappa shape index (κ2) is 8.14. The summed E-state index contributed by atoms with van der Waals surface area (Å²) in [6.07, 6.45) is 3.45. The molecule has 1 aromatic carbocycles. The molecule has 1 atom stereocenters. The summed E-state index contributed by atoms with van der Waals surface area (Å²) in [5.41, 5.74) is 0.386. The molecule has 148 valence electrons. The summed E-state index contributed by atoms with van der Waals surface area (Å²) in [7, 11) is 1.65. The van der Waals surface area contributed by atoms with E-state index >= 15 is 0 Å². The Morgan fingerprint density at radius 2 is 1.89 bits per heavy atom. The van der Waals surface area contributed by atoms with Gasteiger partial charge in [-0.2, -0.15) is 0 Å². The predicted molar refractivity (Wildman–Crippen MR) is 106 cm³/mol. The average Bonchev–Trinajstić information content (AvgIpc) is 2.75. The normalized spacial score (nSPS) is 21.1. The maximum absolute atomic E-state index is 14.2. The molecule has 0 aliphatic carbocycles. The van der Waals surface area contributed by atoms with E-state index < -0.39 is 0 Å². The van der Waals surface area contributed by atoms with Gasteiger partial charge in [-0.05, 0) is 31.0 Å². The van der Waals surface area contributed by atoms with Crippen LogP contribution in [0.2, 0.25) is 0 Å². The number of anilines is 2. The molecule has 2 aliphatic rings. The maximum Gasteiger partial charge on any atom is 0.244 e. The van der Waals surface area contributed by atoms with E-state index in [1.807, 2.05) is 12.1 Å². The quantitative estimate of drug-likeness (QED) is 0.811. The van der Waals surface area contributed by atoms with Gasteiger partial charge in [0.15, 0.2) is 0 Å². The van der Waals surface area contributed by atoms with E-state index in [0.717, 1.165) is 50.6 Å². The first kappa shape index (κ1) is 18.7. The summed E-state index contributed by atoms with van der Waals surface area (Å²) in [4.78, 5) is 23.6. The molecule has 0 radical (unpaired) electrons. The Morgan fingerprint density at radius 1 is 1.11 bits per heavy atom. The summed E-state index contributed by atoms with van der Waals surface area (Å²) in [6.45, 7) is 3.72. The zero-order chi connectivity index (χ0) is 19.5. The van der Waals surface area contributed by atoms with Crippen molar-refractivity contribution >= 4 is 17.4 Å². The van der Waals surface area contributed by atoms with Crippen molar-refractivity contribution in [3.63, 3.8) is 0 Å². The van der Waals surface area contributed by atoms with E-state index in [0.29, 0.717) is 12.2 Å². The number of hydrogen-bond acceptors (Lipinski definition) is 5. The lowest BCUT2D eigenvalue weighted by atomic mass is 10.0. The van der Waals surface area contributed by atoms with Gasteiger partial charge < -0.3 is 14.5 Å². The molecule has 28 heavy (non-hydrogen) atoms. The van der Waals surface area contributed by atoms with Crippen LogP contribution in [0.4, 0.5) is 15.9 Å². The van der Waals surface area contributed by atoms with Crippen molar-refractivity contribution in [1.82, 2.24) is 9.88 Å². The first-order chi connectivity index (χ1) is 13.7. The number of pyridine rings is 1. The number of piperidine rings is 1. The highest BCUT2D eigenvalue weighted by Crippen LogP contribution is 2.27. The number of methoxy groups -OCH3 is 1. The van der Waals surface area contributed by atoms with E-state index in [9.17, 15) is 9.18 Å². The molecule has 2 saturated heterocycles. The first-order valence-corrected chi connectivity index (χ1v) is 9.72. The Hall–Kier alpha value is -2.67. The van der Waals surface area contributed by atoms with Crippen molar-refractivity contribution in [3.05, 3.63) is 48.4 Å². The number of hydrogen-bond donors (Lipinski definition) is 0. The standard InChI is InChI=1S/C21H25FN4O2/c1-28-16-8-9-23-20(15-16)25-13-11-24(12-14-25)19-7-4-10-26(21(19)27)18-6-3-2-5-17(18)22/h2-3,5-6,8-9,15,19H,4,7,10-14H2,1H3. The van der Waals surface area contributed by atoms with Crippen molar-refractivity contribution < 1.29 is 13.9 Å². The maximum atomic E-state index is 14.2. The fourth-order valence-electron chi connectivity index (χ4n) is 4.07. The fraction of sp³-hybridized carbons (Fsp3) is 0.429. The van der Waals surface area contributed by atoms with Crippen LogP contribution in [0.15, 0.2) is 42.6 Å². The third kappa shape index (κ3) is 3.67. The van der Waals surface area contributed by atoms with Crippen molar-refractivity contribution in [2.45, 2.75) is 18.9 Å². The average molecular weight is 384 g/mol. The van der Waals surface area contributed by atoms with Crippen LogP contribution in [0.25, 0.3) is 0 Å². The van der Waals surface area contributed by atoms with Crippen molar-refractivity contribution in [2.75, 3.05) is 49.6 Å². The van der Waals surface area contributed by atoms with Gasteiger partial charge in [0.25, 0.3) is 0 Å². The number of piperazine rings is 1. The Kier molecular flexibility index (Phi) is 5.43. The second-order valence-corrected chi connectivity index (χ2v) is 7.18. The Bertz CT molecular complexity index is 839. The number of ether oxygens (including phenoxy) is 1. The molecule has 2 aromatic rings. The zero-order valence-electron chi connectivity index (χ0n) is 16.1. The van der Waals surface area contributed by atoms with Gasteiger partial charge in [0.05, 0.1) is 18.8 Å². The molecule has 2 fully saturated rings. The van der Waals surface area contributed by atoms with E-state index in [4.69, 9.17) is 4.74 Å². The lowest BCUT2D eigenvalue weighted by Crippen LogP contribution is -2.58. The van der Waals surface area contributed by atoms with Crippen molar-refractivity contribution in [1.29, 1.82) is 0 Å². The minimum absolute atomic E-state index is 0.00399. The molecule has 2 aliphatic heterocycles.